The van der Waals surface area contributed by atoms with Crippen LogP contribution in [0.1, 0.15) is 205 Å². The average molecular weight is 1410 g/mol. The Kier molecular flexibility index (Phi) is 27.4. The average Bonchev–Trinajstić information content (AvgIpc) is 1.59. The first-order valence-corrected chi connectivity index (χ1v) is 35.8. The van der Waals surface area contributed by atoms with E-state index in [2.05, 4.69) is 277 Å². The molecule has 0 nitrogen and oxygen atoms in total. The Morgan fingerprint density at radius 2 is 0.620 bits per heavy atom. The third kappa shape index (κ3) is 19.9. The van der Waals surface area contributed by atoms with Crippen LogP contribution < -0.4 is 24.8 Å². The van der Waals surface area contributed by atoms with Gasteiger partial charge in [0.15, 0.2) is 0 Å². The summed E-state index contributed by atoms with van der Waals surface area (Å²) in [5.41, 5.74) is 27.0. The van der Waals surface area contributed by atoms with Crippen LogP contribution in [0.25, 0.3) is 66.8 Å². The zero-order chi connectivity index (χ0) is 64.1. The number of hydrogen-bond donors (Lipinski definition) is 0. The number of halogens is 2. The number of fused-ring (bicyclic) bond motifs is 6. The molecule has 0 aliphatic heterocycles. The summed E-state index contributed by atoms with van der Waals surface area (Å²) in [5.74, 6) is 0. The van der Waals surface area contributed by atoms with Gasteiger partial charge < -0.3 is 24.8 Å². The van der Waals surface area contributed by atoms with E-state index >= 15 is 0 Å². The van der Waals surface area contributed by atoms with Gasteiger partial charge >= 0.3 is 119 Å². The molecule has 8 aromatic rings. The summed E-state index contributed by atoms with van der Waals surface area (Å²) in [6, 6.07) is 65.7. The molecular formula is C88H96Cl2Zr2-2. The van der Waals surface area contributed by atoms with Crippen molar-refractivity contribution in [2.75, 3.05) is 0 Å². The molecule has 0 bridgehead atoms. The van der Waals surface area contributed by atoms with Crippen LogP contribution in [-0.2, 0) is 83.0 Å². The molecule has 472 valence electrons. The van der Waals surface area contributed by atoms with Crippen LogP contribution >= 0.6 is 0 Å². The minimum atomic E-state index is 0. The van der Waals surface area contributed by atoms with Gasteiger partial charge in [0.2, 0.25) is 0 Å². The first-order valence-electron chi connectivity index (χ1n) is 33.4. The molecular weight excluding hydrogens is 1310 g/mol. The Morgan fingerprint density at radius 1 is 0.326 bits per heavy atom. The van der Waals surface area contributed by atoms with Crippen molar-refractivity contribution in [1.29, 1.82) is 0 Å². The van der Waals surface area contributed by atoms with Gasteiger partial charge in [-0.25, -0.2) is 24.3 Å². The standard InChI is InChI=1S/2C33H33.2C6H10.2C5H5.2ClH.2Zr/c2*1-32(2,3)30-20-26-24(18-28(30)22-13-9-7-10-14-22)17-25-19-29(23-15-11-8-12-16-23)31(21-27(25)26)33(4,5)6;2*1-2-4-6-5-3-1;2*1-2-4-5-3-1;;;;/h2*7-16,18,20-21H,17H2,1-6H3;2*1-5H2;2*1-3H,4H2;2*1H;;/q2*-1;;;2*-1;;;2*+2/p-2. The maximum absolute atomic E-state index is 3.88. The van der Waals surface area contributed by atoms with Crippen molar-refractivity contribution in [1.82, 2.24) is 0 Å². The summed E-state index contributed by atoms with van der Waals surface area (Å²) in [6.07, 6.45) is 36.5. The zero-order valence-corrected chi connectivity index (χ0v) is 63.6. The molecule has 0 amide bonds. The van der Waals surface area contributed by atoms with Crippen molar-refractivity contribution in [3.8, 4) is 66.8 Å². The van der Waals surface area contributed by atoms with E-state index in [-0.39, 0.29) is 46.5 Å². The van der Waals surface area contributed by atoms with Crippen LogP contribution in [0.4, 0.5) is 0 Å². The van der Waals surface area contributed by atoms with Gasteiger partial charge in [0, 0.05) is 0 Å². The van der Waals surface area contributed by atoms with Gasteiger partial charge in [-0.1, -0.05) is 262 Å². The minimum absolute atomic E-state index is 0. The van der Waals surface area contributed by atoms with E-state index in [0.29, 0.717) is 0 Å². The molecule has 6 aliphatic carbocycles. The number of allylic oxidation sites excluding steroid dienone is 8. The van der Waals surface area contributed by atoms with Gasteiger partial charge in [0.1, 0.15) is 0 Å². The summed E-state index contributed by atoms with van der Waals surface area (Å²) >= 11 is 3.38. The van der Waals surface area contributed by atoms with E-state index in [1.165, 1.54) is 175 Å². The van der Waals surface area contributed by atoms with E-state index in [0.717, 1.165) is 25.7 Å². The number of hydrogen-bond acceptors (Lipinski definition) is 0. The summed E-state index contributed by atoms with van der Waals surface area (Å²) in [7, 11) is 0. The van der Waals surface area contributed by atoms with Crippen molar-refractivity contribution in [2.24, 2.45) is 0 Å². The van der Waals surface area contributed by atoms with Crippen molar-refractivity contribution < 1.29 is 73.3 Å². The first kappa shape index (κ1) is 74.2. The van der Waals surface area contributed by atoms with E-state index in [1.807, 2.05) is 24.3 Å². The van der Waals surface area contributed by atoms with Crippen molar-refractivity contribution in [2.45, 2.75) is 195 Å². The number of benzene rings is 8. The van der Waals surface area contributed by atoms with Gasteiger partial charge in [-0.15, -0.1) is 70.5 Å². The molecule has 4 heteroatoms. The predicted octanol–water partition coefficient (Wildman–Crippen LogP) is 17.9. The van der Waals surface area contributed by atoms with E-state index in [4.69, 9.17) is 0 Å². The third-order valence-corrected chi connectivity index (χ3v) is 20.2. The molecule has 92 heavy (non-hydrogen) atoms. The molecule has 0 aromatic heterocycles. The van der Waals surface area contributed by atoms with Gasteiger partial charge in [0.25, 0.3) is 0 Å². The van der Waals surface area contributed by atoms with Crippen molar-refractivity contribution in [3.05, 3.63) is 263 Å². The molecule has 0 radical (unpaired) electrons. The molecule has 0 N–H and O–H groups in total. The zero-order valence-electron chi connectivity index (χ0n) is 57.1. The number of rotatable bonds is 4. The Hall–Kier alpha value is -5.19. The molecule has 6 aliphatic rings. The summed E-state index contributed by atoms with van der Waals surface area (Å²) in [4.78, 5) is 0. The summed E-state index contributed by atoms with van der Waals surface area (Å²) in [5, 5.41) is 0. The molecule has 0 saturated heterocycles. The van der Waals surface area contributed by atoms with Gasteiger partial charge in [-0.2, -0.15) is 12.2 Å². The third-order valence-electron chi connectivity index (χ3n) is 17.7. The van der Waals surface area contributed by atoms with E-state index in [9.17, 15) is 0 Å². The monoisotopic (exact) mass is 1400 g/mol. The fourth-order valence-electron chi connectivity index (χ4n) is 12.8. The van der Waals surface area contributed by atoms with Crippen LogP contribution in [0.3, 0.4) is 0 Å². The predicted molar refractivity (Wildman–Crippen MR) is 383 cm³/mol. The van der Waals surface area contributed by atoms with E-state index in [1.54, 1.807) is 54.9 Å². The van der Waals surface area contributed by atoms with E-state index < -0.39 is 0 Å². The second-order valence-corrected chi connectivity index (χ2v) is 32.6. The van der Waals surface area contributed by atoms with Gasteiger partial charge in [0.05, 0.1) is 0 Å². The quantitative estimate of drug-likeness (QED) is 0.154. The molecule has 0 atom stereocenters. The molecule has 0 heterocycles. The second kappa shape index (κ2) is 34.0. The molecule has 0 spiro atoms. The molecule has 2 fully saturated rings. The Labute approximate surface area is 598 Å². The summed E-state index contributed by atoms with van der Waals surface area (Å²) in [6.45, 7) is 27.8. The van der Waals surface area contributed by atoms with Crippen LogP contribution in [-0.4, -0.2) is 6.41 Å². The fraction of sp³-hybridized carbons (Fsp3) is 0.341. The van der Waals surface area contributed by atoms with Crippen LogP contribution in [0.2, 0.25) is 0 Å². The second-order valence-electron chi connectivity index (χ2n) is 29.2. The maximum atomic E-state index is 3.88. The van der Waals surface area contributed by atoms with Gasteiger partial charge in [-0.05, 0) is 79.0 Å². The summed E-state index contributed by atoms with van der Waals surface area (Å²) < 4.78 is 3.61. The van der Waals surface area contributed by atoms with Crippen LogP contribution in [0.5, 0.6) is 0 Å². The topological polar surface area (TPSA) is 0 Å². The molecule has 14 rings (SSSR count). The van der Waals surface area contributed by atoms with Gasteiger partial charge in [-0.3, -0.25) is 12.2 Å². The first-order chi connectivity index (χ1) is 43.0. The Morgan fingerprint density at radius 3 is 0.859 bits per heavy atom. The van der Waals surface area contributed by atoms with Crippen LogP contribution in [0.15, 0.2) is 194 Å². The SMILES string of the molecule is CC(C)(C)c1cc2c([c-]c1-c1ccccc1)Cc1cc(-c3ccccc3)c(C(C)(C)C)cc1-2.CC(C)(C)c1cc2c([c-]c1-c1ccccc1)Cc1cc(-c3ccccc3)c(C(C)(C)C)cc1-2.[C-]1=CC=CC1.[C-]1=CC=CC1.[Cl-].[Cl-].[Zr+2]=[C]1CCCCC1.[Zr+2]=[C]1CCCCC1. The van der Waals surface area contributed by atoms with Crippen molar-refractivity contribution in [3.63, 3.8) is 0 Å². The van der Waals surface area contributed by atoms with Crippen molar-refractivity contribution >= 4 is 6.41 Å². The Bertz CT molecular complexity index is 3370. The molecule has 0 unspecified atom stereocenters. The molecule has 2 saturated carbocycles. The normalized spacial score (nSPS) is 14.7. The fourth-order valence-corrected chi connectivity index (χ4v) is 14.6. The van der Waals surface area contributed by atoms with Crippen LogP contribution in [0, 0.1) is 24.3 Å². The molecule has 8 aromatic carbocycles. The Balaban J connectivity index is 0.000000188.